The predicted molar refractivity (Wildman–Crippen MR) is 103 cm³/mol. The van der Waals surface area contributed by atoms with Gasteiger partial charge in [-0.2, -0.15) is 0 Å². The SMILES string of the molecule is CCCC(C(=O)O)(c1ccccc1C)N1CCN(c2ccncc2)CC1. The van der Waals surface area contributed by atoms with Crippen LogP contribution in [0.4, 0.5) is 5.69 Å². The molecule has 1 aromatic heterocycles. The van der Waals surface area contributed by atoms with Crippen molar-refractivity contribution in [2.75, 3.05) is 31.1 Å². The van der Waals surface area contributed by atoms with Crippen molar-refractivity contribution in [3.63, 3.8) is 0 Å². The van der Waals surface area contributed by atoms with Crippen molar-refractivity contribution in [3.05, 3.63) is 59.9 Å². The van der Waals surface area contributed by atoms with Crippen LogP contribution in [0, 0.1) is 6.92 Å². The third-order valence-electron chi connectivity index (χ3n) is 5.40. The molecule has 1 aromatic carbocycles. The minimum atomic E-state index is -0.954. The van der Waals surface area contributed by atoms with Crippen LogP contribution in [-0.2, 0) is 10.3 Å². The molecule has 138 valence electrons. The summed E-state index contributed by atoms with van der Waals surface area (Å²) in [6.45, 7) is 7.15. The lowest BCUT2D eigenvalue weighted by atomic mass is 9.81. The molecule has 0 radical (unpaired) electrons. The zero-order valence-electron chi connectivity index (χ0n) is 15.6. The number of anilines is 1. The highest BCUT2D eigenvalue weighted by Crippen LogP contribution is 2.37. The summed E-state index contributed by atoms with van der Waals surface area (Å²) in [5, 5.41) is 10.3. The fourth-order valence-corrected chi connectivity index (χ4v) is 4.12. The normalized spacial score (nSPS) is 17.7. The molecule has 1 aliphatic rings. The summed E-state index contributed by atoms with van der Waals surface area (Å²) in [4.78, 5) is 21.1. The molecule has 26 heavy (non-hydrogen) atoms. The van der Waals surface area contributed by atoms with E-state index < -0.39 is 11.5 Å². The molecule has 0 saturated carbocycles. The van der Waals surface area contributed by atoms with Crippen LogP contribution in [0.2, 0.25) is 0 Å². The Morgan fingerprint density at radius 2 is 1.77 bits per heavy atom. The topological polar surface area (TPSA) is 56.7 Å². The molecule has 2 heterocycles. The quantitative estimate of drug-likeness (QED) is 0.864. The van der Waals surface area contributed by atoms with Crippen molar-refractivity contribution in [1.82, 2.24) is 9.88 Å². The molecule has 5 nitrogen and oxygen atoms in total. The monoisotopic (exact) mass is 353 g/mol. The van der Waals surface area contributed by atoms with Crippen molar-refractivity contribution in [2.45, 2.75) is 32.2 Å². The molecule has 1 aliphatic heterocycles. The first-order chi connectivity index (χ1) is 12.6. The Morgan fingerprint density at radius 1 is 1.12 bits per heavy atom. The highest BCUT2D eigenvalue weighted by molar-refractivity contribution is 5.81. The highest BCUT2D eigenvalue weighted by Gasteiger charge is 2.46. The number of carboxylic acid groups (broad SMARTS) is 1. The zero-order chi connectivity index (χ0) is 18.6. The van der Waals surface area contributed by atoms with Crippen molar-refractivity contribution in [1.29, 1.82) is 0 Å². The van der Waals surface area contributed by atoms with Gasteiger partial charge in [-0.05, 0) is 36.6 Å². The van der Waals surface area contributed by atoms with Crippen LogP contribution in [0.1, 0.15) is 30.9 Å². The number of hydrogen-bond acceptors (Lipinski definition) is 4. The molecule has 0 aliphatic carbocycles. The van der Waals surface area contributed by atoms with Gasteiger partial charge in [0.1, 0.15) is 5.54 Å². The van der Waals surface area contributed by atoms with Crippen LogP contribution in [0.3, 0.4) is 0 Å². The molecule has 0 spiro atoms. The number of hydrogen-bond donors (Lipinski definition) is 1. The largest absolute Gasteiger partial charge is 0.480 e. The summed E-state index contributed by atoms with van der Waals surface area (Å²) in [6.07, 6.45) is 5.04. The van der Waals surface area contributed by atoms with Gasteiger partial charge in [0.05, 0.1) is 0 Å². The van der Waals surface area contributed by atoms with E-state index in [1.807, 2.05) is 43.3 Å². The van der Waals surface area contributed by atoms with Gasteiger partial charge in [-0.3, -0.25) is 9.88 Å². The predicted octanol–water partition coefficient (Wildman–Crippen LogP) is 3.29. The van der Waals surface area contributed by atoms with E-state index in [0.29, 0.717) is 6.42 Å². The minimum Gasteiger partial charge on any atom is -0.480 e. The smallest absolute Gasteiger partial charge is 0.328 e. The number of carbonyl (C=O) groups is 1. The maximum absolute atomic E-state index is 12.6. The van der Waals surface area contributed by atoms with E-state index in [1.54, 1.807) is 12.4 Å². The zero-order valence-corrected chi connectivity index (χ0v) is 15.6. The summed E-state index contributed by atoms with van der Waals surface area (Å²) in [7, 11) is 0. The van der Waals surface area contributed by atoms with E-state index in [0.717, 1.165) is 49.4 Å². The fraction of sp³-hybridized carbons (Fsp3) is 0.429. The number of benzene rings is 1. The first kappa shape index (κ1) is 18.4. The Labute approximate surface area is 155 Å². The molecular weight excluding hydrogens is 326 g/mol. The van der Waals surface area contributed by atoms with Crippen LogP contribution in [0.5, 0.6) is 0 Å². The van der Waals surface area contributed by atoms with Gasteiger partial charge in [-0.15, -0.1) is 0 Å². The Kier molecular flexibility index (Phi) is 5.57. The maximum Gasteiger partial charge on any atom is 0.328 e. The maximum atomic E-state index is 12.6. The molecular formula is C21H27N3O2. The summed E-state index contributed by atoms with van der Waals surface area (Å²) in [6, 6.07) is 11.9. The average molecular weight is 353 g/mol. The Bertz CT molecular complexity index is 742. The first-order valence-electron chi connectivity index (χ1n) is 9.29. The van der Waals surface area contributed by atoms with Crippen LogP contribution >= 0.6 is 0 Å². The van der Waals surface area contributed by atoms with Crippen LogP contribution < -0.4 is 4.90 Å². The van der Waals surface area contributed by atoms with Gasteiger partial charge >= 0.3 is 5.97 Å². The molecule has 2 aromatic rings. The van der Waals surface area contributed by atoms with Crippen molar-refractivity contribution in [2.24, 2.45) is 0 Å². The van der Waals surface area contributed by atoms with E-state index >= 15 is 0 Å². The minimum absolute atomic E-state index is 0.614. The molecule has 1 fully saturated rings. The third kappa shape index (κ3) is 3.31. The molecule has 1 unspecified atom stereocenters. The van der Waals surface area contributed by atoms with E-state index in [4.69, 9.17) is 0 Å². The lowest BCUT2D eigenvalue weighted by molar-refractivity contribution is -0.153. The number of piperazine rings is 1. The van der Waals surface area contributed by atoms with E-state index in [-0.39, 0.29) is 0 Å². The van der Waals surface area contributed by atoms with Gasteiger partial charge in [-0.1, -0.05) is 37.6 Å². The van der Waals surface area contributed by atoms with E-state index in [9.17, 15) is 9.90 Å². The lowest BCUT2D eigenvalue weighted by Crippen LogP contribution is -2.59. The lowest BCUT2D eigenvalue weighted by Gasteiger charge is -2.46. The average Bonchev–Trinajstić information content (AvgIpc) is 2.67. The van der Waals surface area contributed by atoms with Gasteiger partial charge in [0.25, 0.3) is 0 Å². The molecule has 3 rings (SSSR count). The van der Waals surface area contributed by atoms with Crippen LogP contribution in [-0.4, -0.2) is 47.1 Å². The standard InChI is InChI=1S/C21H27N3O2/c1-3-10-21(20(25)26,19-7-5-4-6-17(19)2)24-15-13-23(14-16-24)18-8-11-22-12-9-18/h4-9,11-12H,3,10,13-16H2,1-2H3,(H,25,26). The second-order valence-electron chi connectivity index (χ2n) is 6.91. The fourth-order valence-electron chi connectivity index (χ4n) is 4.12. The number of aromatic nitrogens is 1. The Balaban J connectivity index is 1.90. The number of aliphatic carboxylic acids is 1. The van der Waals surface area contributed by atoms with Crippen molar-refractivity contribution < 1.29 is 9.90 Å². The summed E-state index contributed by atoms with van der Waals surface area (Å²) < 4.78 is 0. The molecule has 1 atom stereocenters. The van der Waals surface area contributed by atoms with Gasteiger partial charge in [0.15, 0.2) is 0 Å². The molecule has 1 N–H and O–H groups in total. The third-order valence-corrected chi connectivity index (χ3v) is 5.40. The first-order valence-corrected chi connectivity index (χ1v) is 9.29. The summed E-state index contributed by atoms with van der Waals surface area (Å²) in [5.74, 6) is -0.744. The Morgan fingerprint density at radius 3 is 2.35 bits per heavy atom. The van der Waals surface area contributed by atoms with Gasteiger partial charge in [-0.25, -0.2) is 4.79 Å². The van der Waals surface area contributed by atoms with Crippen LogP contribution in [0.25, 0.3) is 0 Å². The number of rotatable bonds is 6. The molecule has 0 amide bonds. The summed E-state index contributed by atoms with van der Waals surface area (Å²) in [5.41, 5.74) is 2.16. The number of pyridine rings is 1. The number of aryl methyl sites for hydroxylation is 1. The summed E-state index contributed by atoms with van der Waals surface area (Å²) >= 11 is 0. The molecule has 1 saturated heterocycles. The Hall–Kier alpha value is -2.40. The molecule has 0 bridgehead atoms. The van der Waals surface area contributed by atoms with Gasteiger partial charge < -0.3 is 10.0 Å². The van der Waals surface area contributed by atoms with Crippen LogP contribution in [0.15, 0.2) is 48.8 Å². The van der Waals surface area contributed by atoms with Gasteiger partial charge in [0.2, 0.25) is 0 Å². The van der Waals surface area contributed by atoms with Crippen molar-refractivity contribution >= 4 is 11.7 Å². The van der Waals surface area contributed by atoms with Crippen molar-refractivity contribution in [3.8, 4) is 0 Å². The number of nitrogens with zero attached hydrogens (tertiary/aromatic N) is 3. The second kappa shape index (κ2) is 7.87. The number of carboxylic acids is 1. The van der Waals surface area contributed by atoms with Gasteiger partial charge in [0, 0.05) is 44.3 Å². The highest BCUT2D eigenvalue weighted by atomic mass is 16.4. The second-order valence-corrected chi connectivity index (χ2v) is 6.91. The van der Waals surface area contributed by atoms with E-state index in [2.05, 4.69) is 21.7 Å². The van der Waals surface area contributed by atoms with E-state index in [1.165, 1.54) is 0 Å². The molecule has 5 heteroatoms.